The number of carbonyl (C=O) groups is 3. The number of amides is 3. The number of hydrogen-bond donors (Lipinski definition) is 0. The Morgan fingerprint density at radius 1 is 0.953 bits per heavy atom. The van der Waals surface area contributed by atoms with Gasteiger partial charge in [0.2, 0.25) is 5.91 Å². The lowest BCUT2D eigenvalue weighted by atomic mass is 9.96. The van der Waals surface area contributed by atoms with Gasteiger partial charge in [-0.05, 0) is 59.9 Å². The number of benzene rings is 2. The van der Waals surface area contributed by atoms with E-state index in [2.05, 4.69) is 4.98 Å². The zero-order valence-electron chi connectivity index (χ0n) is 23.7. The Hall–Kier alpha value is -4.42. The molecule has 1 aliphatic rings. The Bertz CT molecular complexity index is 1540. The van der Waals surface area contributed by atoms with Crippen molar-refractivity contribution >= 4 is 23.5 Å². The molecule has 1 aliphatic heterocycles. The van der Waals surface area contributed by atoms with Gasteiger partial charge in [0.05, 0.1) is 16.7 Å². The van der Waals surface area contributed by atoms with E-state index in [4.69, 9.17) is 0 Å². The highest BCUT2D eigenvalue weighted by molar-refractivity contribution is 6.04. The number of halogens is 6. The number of alkyl halides is 6. The monoisotopic (exact) mass is 606 g/mol. The van der Waals surface area contributed by atoms with Crippen molar-refractivity contribution in [3.63, 3.8) is 0 Å². The molecule has 4 rings (SSSR count). The number of hydrogen-bond acceptors (Lipinski definition) is 4. The SMILES string of the molecule is CC(=O)N(C)C1CCN(c2cc(-c3ccccc3C)c(C(=O)N(C)Cc3cc(C(F)(F)F)cc(C(F)(F)F)c3)cn2)C1=O. The Kier molecular flexibility index (Phi) is 8.57. The maximum absolute atomic E-state index is 13.6. The third kappa shape index (κ3) is 6.65. The summed E-state index contributed by atoms with van der Waals surface area (Å²) >= 11 is 0. The predicted octanol–water partition coefficient (Wildman–Crippen LogP) is 5.95. The van der Waals surface area contributed by atoms with Gasteiger partial charge in [0.1, 0.15) is 11.9 Å². The first-order valence-corrected chi connectivity index (χ1v) is 13.1. The van der Waals surface area contributed by atoms with Crippen molar-refractivity contribution in [2.24, 2.45) is 0 Å². The van der Waals surface area contributed by atoms with Crippen molar-refractivity contribution in [2.45, 2.75) is 45.2 Å². The lowest BCUT2D eigenvalue weighted by Gasteiger charge is -2.24. The molecule has 43 heavy (non-hydrogen) atoms. The van der Waals surface area contributed by atoms with Crippen LogP contribution in [0.1, 0.15) is 46.0 Å². The molecule has 1 aromatic heterocycles. The van der Waals surface area contributed by atoms with Crippen molar-refractivity contribution in [3.8, 4) is 11.1 Å². The normalized spacial score (nSPS) is 15.5. The predicted molar refractivity (Wildman–Crippen MR) is 146 cm³/mol. The van der Waals surface area contributed by atoms with E-state index in [0.717, 1.165) is 10.5 Å². The molecule has 3 aromatic rings. The van der Waals surface area contributed by atoms with E-state index in [-0.39, 0.29) is 41.4 Å². The Morgan fingerprint density at radius 2 is 1.56 bits per heavy atom. The zero-order chi connectivity index (χ0) is 31.9. The topological polar surface area (TPSA) is 73.8 Å². The number of aromatic nitrogens is 1. The van der Waals surface area contributed by atoms with Gasteiger partial charge in [-0.15, -0.1) is 0 Å². The Labute approximate surface area is 243 Å². The van der Waals surface area contributed by atoms with Crippen LogP contribution in [0, 0.1) is 6.92 Å². The summed E-state index contributed by atoms with van der Waals surface area (Å²) in [7, 11) is 2.79. The van der Waals surface area contributed by atoms with Crippen molar-refractivity contribution in [2.75, 3.05) is 25.5 Å². The molecule has 0 radical (unpaired) electrons. The molecule has 1 saturated heterocycles. The minimum atomic E-state index is -5.03. The smallest absolute Gasteiger partial charge is 0.337 e. The second-order valence-corrected chi connectivity index (χ2v) is 10.4. The molecule has 13 heteroatoms. The molecular weight excluding hydrogens is 578 g/mol. The van der Waals surface area contributed by atoms with Crippen LogP contribution in [0.2, 0.25) is 0 Å². The summed E-state index contributed by atoms with van der Waals surface area (Å²) in [6.45, 7) is 2.87. The van der Waals surface area contributed by atoms with Gasteiger partial charge >= 0.3 is 12.4 Å². The molecule has 7 nitrogen and oxygen atoms in total. The van der Waals surface area contributed by atoms with Crippen LogP contribution in [0.5, 0.6) is 0 Å². The molecule has 1 atom stereocenters. The summed E-state index contributed by atoms with van der Waals surface area (Å²) in [4.78, 5) is 46.7. The van der Waals surface area contributed by atoms with Crippen LogP contribution in [0.3, 0.4) is 0 Å². The number of anilines is 1. The highest BCUT2D eigenvalue weighted by Crippen LogP contribution is 2.37. The minimum absolute atomic E-state index is 0.0304. The second-order valence-electron chi connectivity index (χ2n) is 10.4. The average molecular weight is 607 g/mol. The Morgan fingerprint density at radius 3 is 2.12 bits per heavy atom. The molecule has 0 bridgehead atoms. The van der Waals surface area contributed by atoms with Crippen LogP contribution >= 0.6 is 0 Å². The molecule has 2 heterocycles. The summed E-state index contributed by atoms with van der Waals surface area (Å²) in [6.07, 6.45) is -8.45. The highest BCUT2D eigenvalue weighted by Gasteiger charge is 2.38. The molecule has 1 unspecified atom stereocenters. The van der Waals surface area contributed by atoms with E-state index in [9.17, 15) is 40.7 Å². The van der Waals surface area contributed by atoms with Gasteiger partial charge in [0.15, 0.2) is 0 Å². The summed E-state index contributed by atoms with van der Waals surface area (Å²) in [5, 5.41) is 0. The molecule has 0 aliphatic carbocycles. The first-order valence-electron chi connectivity index (χ1n) is 13.1. The number of pyridine rings is 1. The molecule has 0 spiro atoms. The third-order valence-electron chi connectivity index (χ3n) is 7.39. The standard InChI is InChI=1S/C30H28F6N4O3/c1-17-7-5-6-8-22(17)23-14-26(40-10-9-25(28(40)43)39(4)18(2)41)37-15-24(23)27(42)38(3)16-19-11-20(29(31,32)33)13-21(12-19)30(34,35)36/h5-8,11-15,25H,9-10,16H2,1-4H3. The quantitative estimate of drug-likeness (QED) is 0.325. The van der Waals surface area contributed by atoms with E-state index in [1.54, 1.807) is 37.3 Å². The first kappa shape index (κ1) is 31.5. The fourth-order valence-corrected chi connectivity index (χ4v) is 4.99. The van der Waals surface area contributed by atoms with Crippen molar-refractivity contribution in [3.05, 3.63) is 82.5 Å². The summed E-state index contributed by atoms with van der Waals surface area (Å²) in [5.74, 6) is -1.09. The van der Waals surface area contributed by atoms with E-state index in [0.29, 0.717) is 29.7 Å². The van der Waals surface area contributed by atoms with Crippen molar-refractivity contribution < 1.29 is 40.7 Å². The number of aryl methyl sites for hydroxylation is 1. The molecule has 228 valence electrons. The number of nitrogens with zero attached hydrogens (tertiary/aromatic N) is 4. The lowest BCUT2D eigenvalue weighted by molar-refractivity contribution is -0.143. The maximum atomic E-state index is 13.6. The first-order chi connectivity index (χ1) is 20.0. The van der Waals surface area contributed by atoms with Gasteiger partial charge in [-0.25, -0.2) is 4.98 Å². The summed E-state index contributed by atoms with van der Waals surface area (Å²) < 4.78 is 80.2. The van der Waals surface area contributed by atoms with Gasteiger partial charge in [0, 0.05) is 40.3 Å². The largest absolute Gasteiger partial charge is 0.416 e. The van der Waals surface area contributed by atoms with E-state index >= 15 is 0 Å². The van der Waals surface area contributed by atoms with Gasteiger partial charge < -0.3 is 9.80 Å². The van der Waals surface area contributed by atoms with E-state index in [1.807, 2.05) is 0 Å². The third-order valence-corrected chi connectivity index (χ3v) is 7.39. The number of rotatable bonds is 6. The van der Waals surface area contributed by atoms with Gasteiger partial charge in [-0.2, -0.15) is 26.3 Å². The van der Waals surface area contributed by atoms with Crippen LogP contribution in [0.15, 0.2) is 54.7 Å². The maximum Gasteiger partial charge on any atom is 0.416 e. The fourth-order valence-electron chi connectivity index (χ4n) is 4.99. The summed E-state index contributed by atoms with van der Waals surface area (Å²) in [5.41, 5.74) is -1.52. The summed E-state index contributed by atoms with van der Waals surface area (Å²) in [6, 6.07) is 9.12. The molecule has 2 aromatic carbocycles. The molecule has 0 N–H and O–H groups in total. The van der Waals surface area contributed by atoms with E-state index in [1.165, 1.54) is 37.0 Å². The van der Waals surface area contributed by atoms with Crippen LogP contribution in [-0.2, 0) is 28.5 Å². The van der Waals surface area contributed by atoms with Crippen LogP contribution in [0.25, 0.3) is 11.1 Å². The minimum Gasteiger partial charge on any atom is -0.337 e. The Balaban J connectivity index is 1.72. The van der Waals surface area contributed by atoms with Gasteiger partial charge in [-0.3, -0.25) is 19.3 Å². The van der Waals surface area contributed by atoms with Gasteiger partial charge in [-0.1, -0.05) is 24.3 Å². The second kappa shape index (κ2) is 11.7. The van der Waals surface area contributed by atoms with Gasteiger partial charge in [0.25, 0.3) is 11.8 Å². The zero-order valence-corrected chi connectivity index (χ0v) is 23.7. The lowest BCUT2D eigenvalue weighted by Crippen LogP contribution is -2.42. The molecule has 1 fully saturated rings. The van der Waals surface area contributed by atoms with Crippen LogP contribution in [0.4, 0.5) is 32.2 Å². The number of likely N-dealkylation sites (N-methyl/N-ethyl adjacent to an activating group) is 1. The van der Waals surface area contributed by atoms with E-state index < -0.39 is 42.0 Å². The molecule has 0 saturated carbocycles. The van der Waals surface area contributed by atoms with Crippen molar-refractivity contribution in [1.82, 2.24) is 14.8 Å². The van der Waals surface area contributed by atoms with Crippen LogP contribution in [-0.4, -0.2) is 59.2 Å². The fraction of sp³-hybridized carbons (Fsp3) is 0.333. The molecular formula is C30H28F6N4O3. The van der Waals surface area contributed by atoms with Crippen molar-refractivity contribution in [1.29, 1.82) is 0 Å². The highest BCUT2D eigenvalue weighted by atomic mass is 19.4. The molecule has 3 amide bonds. The average Bonchev–Trinajstić information content (AvgIpc) is 3.31. The van der Waals surface area contributed by atoms with Crippen LogP contribution < -0.4 is 4.90 Å². The number of carbonyl (C=O) groups excluding carboxylic acids is 3.